The van der Waals surface area contributed by atoms with Crippen molar-refractivity contribution in [2.24, 2.45) is 0 Å². The quantitative estimate of drug-likeness (QED) is 0.873. The van der Waals surface area contributed by atoms with Crippen molar-refractivity contribution >= 4 is 33.2 Å². The molecule has 7 heteroatoms. The third kappa shape index (κ3) is 4.14. The first-order chi connectivity index (χ1) is 9.19. The van der Waals surface area contributed by atoms with Crippen LogP contribution in [0.3, 0.4) is 0 Å². The second-order valence-electron chi connectivity index (χ2n) is 4.02. The lowest BCUT2D eigenvalue weighted by Gasteiger charge is -2.05. The molecule has 1 amide bonds. The molecule has 0 radical (unpaired) electrons. The molecule has 2 rings (SSSR count). The summed E-state index contributed by atoms with van der Waals surface area (Å²) in [4.78, 5) is 12.8. The van der Waals surface area contributed by atoms with Crippen molar-refractivity contribution in [3.63, 3.8) is 0 Å². The minimum atomic E-state index is 0.0388. The van der Waals surface area contributed by atoms with Gasteiger partial charge in [-0.2, -0.15) is 0 Å². The molecular weight excluding hydrogens is 328 g/mol. The highest BCUT2D eigenvalue weighted by atomic mass is 79.9. The molecule has 0 saturated heterocycles. The summed E-state index contributed by atoms with van der Waals surface area (Å²) in [6.45, 7) is 3.48. The number of halogens is 1. The van der Waals surface area contributed by atoms with Crippen LogP contribution in [0.15, 0.2) is 22.2 Å². The Morgan fingerprint density at radius 3 is 3.05 bits per heavy atom. The molecule has 0 bridgehead atoms. The molecule has 0 aromatic carbocycles. The maximum atomic E-state index is 11.7. The van der Waals surface area contributed by atoms with Crippen molar-refractivity contribution in [3.05, 3.63) is 32.9 Å². The molecule has 102 valence electrons. The fraction of sp³-hybridized carbons (Fsp3) is 0.417. The number of hydrogen-bond donors (Lipinski definition) is 1. The molecule has 0 atom stereocenters. The van der Waals surface area contributed by atoms with E-state index in [1.165, 1.54) is 0 Å². The van der Waals surface area contributed by atoms with E-state index in [1.807, 2.05) is 23.6 Å². The van der Waals surface area contributed by atoms with Gasteiger partial charge in [0.25, 0.3) is 0 Å². The molecule has 0 aliphatic heterocycles. The van der Waals surface area contributed by atoms with Crippen molar-refractivity contribution in [3.8, 4) is 0 Å². The molecule has 0 aliphatic rings. The summed E-state index contributed by atoms with van der Waals surface area (Å²) >= 11 is 4.97. The molecule has 0 saturated carbocycles. The van der Waals surface area contributed by atoms with E-state index in [9.17, 15) is 4.79 Å². The maximum Gasteiger partial charge on any atom is 0.225 e. The molecule has 5 nitrogen and oxygen atoms in total. The van der Waals surface area contributed by atoms with Crippen LogP contribution < -0.4 is 5.32 Å². The Morgan fingerprint density at radius 2 is 2.37 bits per heavy atom. The molecule has 0 spiro atoms. The first-order valence-electron chi connectivity index (χ1n) is 6.06. The van der Waals surface area contributed by atoms with Crippen LogP contribution in [-0.2, 0) is 24.2 Å². The van der Waals surface area contributed by atoms with Crippen LogP contribution >= 0.6 is 27.3 Å². The Kier molecular flexibility index (Phi) is 5.09. The lowest BCUT2D eigenvalue weighted by atomic mass is 10.3. The SMILES string of the molecule is CCn1cnnc1CCNC(=O)Cc1ccc(Br)s1. The zero-order valence-corrected chi connectivity index (χ0v) is 13.0. The van der Waals surface area contributed by atoms with E-state index in [0.29, 0.717) is 19.4 Å². The van der Waals surface area contributed by atoms with E-state index in [4.69, 9.17) is 0 Å². The summed E-state index contributed by atoms with van der Waals surface area (Å²) < 4.78 is 3.02. The molecule has 0 aliphatic carbocycles. The van der Waals surface area contributed by atoms with E-state index < -0.39 is 0 Å². The van der Waals surface area contributed by atoms with Gasteiger partial charge in [-0.15, -0.1) is 21.5 Å². The van der Waals surface area contributed by atoms with Gasteiger partial charge in [0.15, 0.2) is 0 Å². The predicted molar refractivity (Wildman–Crippen MR) is 78.1 cm³/mol. The average molecular weight is 343 g/mol. The van der Waals surface area contributed by atoms with Crippen LogP contribution in [0.5, 0.6) is 0 Å². The zero-order chi connectivity index (χ0) is 13.7. The molecule has 0 unspecified atom stereocenters. The van der Waals surface area contributed by atoms with Crippen LogP contribution in [0.1, 0.15) is 17.6 Å². The number of aryl methyl sites for hydroxylation is 1. The van der Waals surface area contributed by atoms with Crippen LogP contribution in [0, 0.1) is 0 Å². The third-order valence-electron chi connectivity index (χ3n) is 2.67. The van der Waals surface area contributed by atoms with Crippen molar-refractivity contribution in [1.29, 1.82) is 0 Å². The van der Waals surface area contributed by atoms with Gasteiger partial charge in [0, 0.05) is 24.4 Å². The van der Waals surface area contributed by atoms with Gasteiger partial charge in [0.2, 0.25) is 5.91 Å². The van der Waals surface area contributed by atoms with Gasteiger partial charge in [-0.25, -0.2) is 0 Å². The highest BCUT2D eigenvalue weighted by Crippen LogP contribution is 2.22. The number of carbonyl (C=O) groups excluding carboxylic acids is 1. The van der Waals surface area contributed by atoms with Crippen molar-refractivity contribution < 1.29 is 4.79 Å². The second-order valence-corrected chi connectivity index (χ2v) is 6.56. The first-order valence-corrected chi connectivity index (χ1v) is 7.67. The molecule has 2 aromatic heterocycles. The molecule has 1 N–H and O–H groups in total. The number of carbonyl (C=O) groups is 1. The van der Waals surface area contributed by atoms with E-state index in [2.05, 4.69) is 31.4 Å². The van der Waals surface area contributed by atoms with Crippen molar-refractivity contribution in [2.45, 2.75) is 26.3 Å². The monoisotopic (exact) mass is 342 g/mol. The minimum absolute atomic E-state index is 0.0388. The minimum Gasteiger partial charge on any atom is -0.355 e. The number of nitrogens with one attached hydrogen (secondary N) is 1. The summed E-state index contributed by atoms with van der Waals surface area (Å²) in [5.41, 5.74) is 0. The Morgan fingerprint density at radius 1 is 1.53 bits per heavy atom. The Labute approximate surface area is 124 Å². The van der Waals surface area contributed by atoms with Gasteiger partial charge >= 0.3 is 0 Å². The van der Waals surface area contributed by atoms with Crippen molar-refractivity contribution in [1.82, 2.24) is 20.1 Å². The standard InChI is InChI=1S/C12H15BrN4OS/c1-2-17-8-15-16-11(17)5-6-14-12(18)7-9-3-4-10(13)19-9/h3-4,8H,2,5-7H2,1H3,(H,14,18). The number of hydrogen-bond acceptors (Lipinski definition) is 4. The maximum absolute atomic E-state index is 11.7. The topological polar surface area (TPSA) is 59.8 Å². The predicted octanol–water partition coefficient (Wildman–Crippen LogP) is 2.02. The highest BCUT2D eigenvalue weighted by Gasteiger charge is 2.07. The molecular formula is C12H15BrN4OS. The van der Waals surface area contributed by atoms with Crippen molar-refractivity contribution in [2.75, 3.05) is 6.54 Å². The lowest BCUT2D eigenvalue weighted by Crippen LogP contribution is -2.27. The van der Waals surface area contributed by atoms with Gasteiger partial charge < -0.3 is 9.88 Å². The number of aromatic nitrogens is 3. The normalized spacial score (nSPS) is 10.6. The number of thiophene rings is 1. The van der Waals surface area contributed by atoms with Gasteiger partial charge in [-0.05, 0) is 35.0 Å². The Balaban J connectivity index is 1.75. The first kappa shape index (κ1) is 14.2. The highest BCUT2D eigenvalue weighted by molar-refractivity contribution is 9.11. The van der Waals surface area contributed by atoms with E-state index in [-0.39, 0.29) is 5.91 Å². The summed E-state index contributed by atoms with van der Waals surface area (Å²) in [6, 6.07) is 3.92. The second kappa shape index (κ2) is 6.81. The van der Waals surface area contributed by atoms with E-state index >= 15 is 0 Å². The fourth-order valence-electron chi connectivity index (χ4n) is 1.72. The molecule has 2 aromatic rings. The summed E-state index contributed by atoms with van der Waals surface area (Å²) in [5.74, 6) is 0.943. The van der Waals surface area contributed by atoms with Crippen LogP contribution in [0.2, 0.25) is 0 Å². The zero-order valence-electron chi connectivity index (χ0n) is 10.6. The molecule has 0 fully saturated rings. The summed E-state index contributed by atoms with van der Waals surface area (Å²) in [6.07, 6.45) is 2.84. The summed E-state index contributed by atoms with van der Waals surface area (Å²) in [7, 11) is 0. The van der Waals surface area contributed by atoms with Crippen LogP contribution in [0.25, 0.3) is 0 Å². The smallest absolute Gasteiger partial charge is 0.225 e. The molecule has 19 heavy (non-hydrogen) atoms. The largest absolute Gasteiger partial charge is 0.355 e. The Bertz CT molecular complexity index is 551. The Hall–Kier alpha value is -1.21. The number of amides is 1. The summed E-state index contributed by atoms with van der Waals surface area (Å²) in [5, 5.41) is 10.8. The fourth-order valence-corrected chi connectivity index (χ4v) is 3.20. The number of nitrogens with zero attached hydrogens (tertiary/aromatic N) is 3. The van der Waals surface area contributed by atoms with Crippen LogP contribution in [-0.4, -0.2) is 27.2 Å². The average Bonchev–Trinajstić information content (AvgIpc) is 2.98. The van der Waals surface area contributed by atoms with Gasteiger partial charge in [-0.3, -0.25) is 4.79 Å². The van der Waals surface area contributed by atoms with Gasteiger partial charge in [-0.1, -0.05) is 0 Å². The van der Waals surface area contributed by atoms with Gasteiger partial charge in [0.1, 0.15) is 12.2 Å². The van der Waals surface area contributed by atoms with E-state index in [1.54, 1.807) is 17.7 Å². The lowest BCUT2D eigenvalue weighted by molar-refractivity contribution is -0.120. The molecule has 2 heterocycles. The van der Waals surface area contributed by atoms with E-state index in [0.717, 1.165) is 21.0 Å². The third-order valence-corrected chi connectivity index (χ3v) is 4.29. The number of rotatable bonds is 6. The van der Waals surface area contributed by atoms with Crippen LogP contribution in [0.4, 0.5) is 0 Å². The van der Waals surface area contributed by atoms with Gasteiger partial charge in [0.05, 0.1) is 10.2 Å².